The zero-order valence-electron chi connectivity index (χ0n) is 13.6. The van der Waals surface area contributed by atoms with E-state index in [9.17, 15) is 4.79 Å². The lowest BCUT2D eigenvalue weighted by atomic mass is 9.89. The molecular weight excluding hydrogens is 289 g/mol. The van der Waals surface area contributed by atoms with Crippen molar-refractivity contribution in [2.24, 2.45) is 5.92 Å². The molecule has 114 valence electrons. The Kier molecular flexibility index (Phi) is 3.82. The molecule has 2 unspecified atom stereocenters. The maximum absolute atomic E-state index is 12.9. The molecule has 1 aliphatic carbocycles. The first-order valence-electron chi connectivity index (χ1n) is 7.91. The van der Waals surface area contributed by atoms with Crippen LogP contribution in [0, 0.1) is 5.92 Å². The van der Waals surface area contributed by atoms with Crippen molar-refractivity contribution in [3.8, 4) is 0 Å². The molecule has 3 heteroatoms. The first kappa shape index (κ1) is 15.2. The molecule has 0 radical (unpaired) electrons. The van der Waals surface area contributed by atoms with Crippen molar-refractivity contribution in [3.05, 3.63) is 47.6 Å². The normalized spacial score (nSPS) is 21.5. The standard InChI is InChI=1S/C19H23NOP/c1-11(2)13-9-10-15-18(21)14-7-5-6-8-16(14)22(12(3)4)19(15)17(13)20/h5-12,14H,20H2,1-4H3/q+1. The number of benzene rings is 1. The van der Waals surface area contributed by atoms with Crippen LogP contribution in [-0.2, 0) is 0 Å². The van der Waals surface area contributed by atoms with Crippen LogP contribution in [0.4, 0.5) is 5.69 Å². The maximum Gasteiger partial charge on any atom is 0.183 e. The topological polar surface area (TPSA) is 43.1 Å². The molecule has 2 N–H and O–H groups in total. The molecule has 0 aromatic heterocycles. The molecular formula is C19H23NOP+. The van der Waals surface area contributed by atoms with E-state index in [0.29, 0.717) is 11.6 Å². The Morgan fingerprint density at radius 2 is 1.86 bits per heavy atom. The molecule has 0 saturated heterocycles. The van der Waals surface area contributed by atoms with E-state index in [4.69, 9.17) is 5.73 Å². The average molecular weight is 312 g/mol. The van der Waals surface area contributed by atoms with Gasteiger partial charge in [0.15, 0.2) is 11.1 Å². The predicted octanol–water partition coefficient (Wildman–Crippen LogP) is 4.02. The van der Waals surface area contributed by atoms with Gasteiger partial charge in [0, 0.05) is 0 Å². The van der Waals surface area contributed by atoms with Crippen LogP contribution in [0.15, 0.2) is 36.4 Å². The van der Waals surface area contributed by atoms with Crippen LogP contribution in [0.5, 0.6) is 0 Å². The molecule has 2 atom stereocenters. The first-order chi connectivity index (χ1) is 10.4. The number of nitrogens with two attached hydrogens (primary N) is 1. The quantitative estimate of drug-likeness (QED) is 0.662. The highest BCUT2D eigenvalue weighted by atomic mass is 31.1. The lowest BCUT2D eigenvalue weighted by molar-refractivity contribution is 0.0974. The fraction of sp³-hybridized carbons (Fsp3) is 0.368. The Morgan fingerprint density at radius 1 is 1.14 bits per heavy atom. The van der Waals surface area contributed by atoms with E-state index in [1.54, 1.807) is 0 Å². The Labute approximate surface area is 133 Å². The molecule has 3 rings (SSSR count). The molecule has 2 aliphatic rings. The van der Waals surface area contributed by atoms with E-state index in [2.05, 4.69) is 33.8 Å². The van der Waals surface area contributed by atoms with Gasteiger partial charge in [-0.3, -0.25) is 4.79 Å². The van der Waals surface area contributed by atoms with E-state index >= 15 is 0 Å². The van der Waals surface area contributed by atoms with Gasteiger partial charge in [-0.2, -0.15) is 0 Å². The van der Waals surface area contributed by atoms with Crippen molar-refractivity contribution in [2.45, 2.75) is 39.3 Å². The SMILES string of the molecule is CC(C)c1ccc2c(c1N)[P+](C(C)C)=C1C=CC=CC1C2=O. The molecule has 2 nitrogen and oxygen atoms in total. The van der Waals surface area contributed by atoms with Crippen molar-refractivity contribution < 1.29 is 4.79 Å². The summed E-state index contributed by atoms with van der Waals surface area (Å²) < 4.78 is 0. The number of hydrogen-bond donors (Lipinski definition) is 1. The number of Topliss-reactive ketones (excluding diaryl/α,β-unsaturated/α-hetero) is 1. The van der Waals surface area contributed by atoms with E-state index in [-0.39, 0.29) is 11.7 Å². The molecule has 1 aliphatic heterocycles. The number of rotatable bonds is 2. The zero-order valence-corrected chi connectivity index (χ0v) is 14.5. The van der Waals surface area contributed by atoms with Crippen LogP contribution in [0.2, 0.25) is 0 Å². The molecule has 1 heterocycles. The van der Waals surface area contributed by atoms with Gasteiger partial charge >= 0.3 is 0 Å². The largest absolute Gasteiger partial charge is 0.395 e. The summed E-state index contributed by atoms with van der Waals surface area (Å²) in [7, 11) is -0.560. The second-order valence-corrected chi connectivity index (χ2v) is 9.33. The summed E-state index contributed by atoms with van der Waals surface area (Å²) in [6.45, 7) is 8.78. The zero-order chi connectivity index (χ0) is 16.0. The van der Waals surface area contributed by atoms with Gasteiger partial charge in [-0.05, 0) is 37.5 Å². The minimum Gasteiger partial charge on any atom is -0.395 e. The molecule has 1 aromatic carbocycles. The van der Waals surface area contributed by atoms with Crippen molar-refractivity contribution in [3.63, 3.8) is 0 Å². The summed E-state index contributed by atoms with van der Waals surface area (Å²) in [6.07, 6.45) is 8.20. The minimum atomic E-state index is -0.560. The molecule has 0 fully saturated rings. The second kappa shape index (κ2) is 5.52. The van der Waals surface area contributed by atoms with Gasteiger partial charge in [-0.15, -0.1) is 0 Å². The number of allylic oxidation sites excluding steroid dienone is 4. The van der Waals surface area contributed by atoms with Crippen LogP contribution in [0.1, 0.15) is 49.5 Å². The fourth-order valence-corrected chi connectivity index (χ4v) is 6.38. The molecule has 0 bridgehead atoms. The van der Waals surface area contributed by atoms with Crippen molar-refractivity contribution >= 4 is 29.6 Å². The molecule has 1 aromatic rings. The van der Waals surface area contributed by atoms with Crippen molar-refractivity contribution in [1.29, 1.82) is 0 Å². The first-order valence-corrected chi connectivity index (χ1v) is 9.32. The Balaban J connectivity index is 2.36. The van der Waals surface area contributed by atoms with Crippen molar-refractivity contribution in [1.82, 2.24) is 0 Å². The minimum absolute atomic E-state index is 0.0877. The van der Waals surface area contributed by atoms with Gasteiger partial charge in [0.1, 0.15) is 24.4 Å². The van der Waals surface area contributed by atoms with E-state index in [1.807, 2.05) is 30.4 Å². The summed E-state index contributed by atoms with van der Waals surface area (Å²) in [5.41, 5.74) is 9.84. The Morgan fingerprint density at radius 3 is 2.50 bits per heavy atom. The number of hydrogen-bond acceptors (Lipinski definition) is 2. The number of anilines is 1. The lowest BCUT2D eigenvalue weighted by Crippen LogP contribution is -2.35. The molecule has 0 amide bonds. The third-order valence-electron chi connectivity index (χ3n) is 4.46. The third kappa shape index (κ3) is 2.18. The van der Waals surface area contributed by atoms with Gasteiger partial charge in [0.2, 0.25) is 0 Å². The predicted molar refractivity (Wildman–Crippen MR) is 97.7 cm³/mol. The summed E-state index contributed by atoms with van der Waals surface area (Å²) in [5.74, 6) is 0.483. The van der Waals surface area contributed by atoms with Crippen LogP contribution in [0.3, 0.4) is 0 Å². The third-order valence-corrected chi connectivity index (χ3v) is 7.44. The van der Waals surface area contributed by atoms with Gasteiger partial charge in [0.05, 0.1) is 11.3 Å². The number of fused-ring (bicyclic) bond motifs is 2. The van der Waals surface area contributed by atoms with Gasteiger partial charge in [-0.1, -0.05) is 38.1 Å². The Hall–Kier alpha value is -1.66. The number of ketones is 1. The second-order valence-electron chi connectivity index (χ2n) is 6.59. The van der Waals surface area contributed by atoms with Gasteiger partial charge in [0.25, 0.3) is 0 Å². The number of carbonyl (C=O) groups excluding carboxylic acids is 1. The summed E-state index contributed by atoms with van der Waals surface area (Å²) in [6, 6.07) is 4.04. The fourth-order valence-electron chi connectivity index (χ4n) is 3.42. The maximum atomic E-state index is 12.9. The number of carbonyl (C=O) groups is 1. The van der Waals surface area contributed by atoms with Crippen molar-refractivity contribution in [2.75, 3.05) is 5.73 Å². The highest BCUT2D eigenvalue weighted by Gasteiger charge is 2.43. The smallest absolute Gasteiger partial charge is 0.183 e. The summed E-state index contributed by atoms with van der Waals surface area (Å²) in [4.78, 5) is 12.9. The van der Waals surface area contributed by atoms with Crippen LogP contribution < -0.4 is 11.0 Å². The van der Waals surface area contributed by atoms with E-state index in [0.717, 1.165) is 22.1 Å². The average Bonchev–Trinajstić information content (AvgIpc) is 2.48. The van der Waals surface area contributed by atoms with E-state index < -0.39 is 7.55 Å². The molecule has 0 saturated carbocycles. The van der Waals surface area contributed by atoms with Gasteiger partial charge in [-0.25, -0.2) is 0 Å². The summed E-state index contributed by atoms with van der Waals surface area (Å²) >= 11 is 0. The molecule has 22 heavy (non-hydrogen) atoms. The van der Waals surface area contributed by atoms with Crippen LogP contribution in [0.25, 0.3) is 0 Å². The van der Waals surface area contributed by atoms with Crippen LogP contribution in [-0.4, -0.2) is 16.7 Å². The monoisotopic (exact) mass is 312 g/mol. The lowest BCUT2D eigenvalue weighted by Gasteiger charge is -2.24. The number of nitrogen functional groups attached to an aromatic ring is 1. The highest BCUT2D eigenvalue weighted by Crippen LogP contribution is 2.43. The van der Waals surface area contributed by atoms with Gasteiger partial charge < -0.3 is 5.73 Å². The Bertz CT molecular complexity index is 738. The highest BCUT2D eigenvalue weighted by molar-refractivity contribution is 7.68. The molecule has 0 spiro atoms. The summed E-state index contributed by atoms with van der Waals surface area (Å²) in [5, 5.41) is 2.38. The van der Waals surface area contributed by atoms with Crippen LogP contribution >= 0.6 is 7.55 Å². The van der Waals surface area contributed by atoms with E-state index in [1.165, 1.54) is 5.29 Å².